The summed E-state index contributed by atoms with van der Waals surface area (Å²) in [6, 6.07) is 6.49. The van der Waals surface area contributed by atoms with Gasteiger partial charge in [0, 0.05) is 22.3 Å². The average molecular weight is 338 g/mol. The third-order valence-electron chi connectivity index (χ3n) is 4.10. The number of hydrogen-bond donors (Lipinski definition) is 1. The number of carboxylic acid groups (broad SMARTS) is 1. The second-order valence-corrected chi connectivity index (χ2v) is 8.44. The number of Topliss-reactive ketones (excluding diaryl/α,β-unsaturated/α-hetero) is 1. The van der Waals surface area contributed by atoms with E-state index >= 15 is 0 Å². The molecule has 0 aromatic heterocycles. The Morgan fingerprint density at radius 2 is 1.92 bits per heavy atom. The fraction of sp³-hybridized carbons (Fsp3) is 0.300. The predicted octanol–water partition coefficient (Wildman–Crippen LogP) is 4.05. The molecule has 0 bridgehead atoms. The van der Waals surface area contributed by atoms with Gasteiger partial charge in [0.05, 0.1) is 11.5 Å². The first-order chi connectivity index (χ1) is 11.3. The zero-order valence-electron chi connectivity index (χ0n) is 13.6. The monoisotopic (exact) mass is 338 g/mol. The highest BCUT2D eigenvalue weighted by atomic mass is 32.2. The summed E-state index contributed by atoms with van der Waals surface area (Å²) < 4.78 is -0.0255. The first kappa shape index (κ1) is 16.6. The lowest BCUT2D eigenvalue weighted by molar-refractivity contribution is -0.122. The van der Waals surface area contributed by atoms with Crippen molar-refractivity contribution in [2.45, 2.75) is 31.4 Å². The lowest BCUT2D eigenvalue weighted by Crippen LogP contribution is -2.33. The van der Waals surface area contributed by atoms with E-state index < -0.39 is 5.97 Å². The summed E-state index contributed by atoms with van der Waals surface area (Å²) in [5, 5.41) is 8.90. The normalized spacial score (nSPS) is 21.8. The summed E-state index contributed by atoms with van der Waals surface area (Å²) in [5.41, 5.74) is 1.96. The lowest BCUT2D eigenvalue weighted by atomic mass is 9.86. The average Bonchev–Trinajstić information content (AvgIpc) is 2.52. The van der Waals surface area contributed by atoms with Crippen molar-refractivity contribution in [3.8, 4) is 11.8 Å². The molecule has 0 amide bonds. The highest BCUT2D eigenvalue weighted by Gasteiger charge is 2.38. The molecule has 3 nitrogen and oxygen atoms in total. The summed E-state index contributed by atoms with van der Waals surface area (Å²) >= 11 is 1.79. The number of thioether (sulfide) groups is 1. The number of aromatic carboxylic acids is 1. The molecule has 1 aromatic carbocycles. The Morgan fingerprint density at radius 1 is 1.21 bits per heavy atom. The van der Waals surface area contributed by atoms with Crippen molar-refractivity contribution in [1.82, 2.24) is 0 Å². The number of carboxylic acids is 1. The first-order valence-corrected chi connectivity index (χ1v) is 8.63. The number of rotatable bonds is 1. The van der Waals surface area contributed by atoms with Crippen LogP contribution in [0.4, 0.5) is 0 Å². The molecule has 1 unspecified atom stereocenters. The lowest BCUT2D eigenvalue weighted by Gasteiger charge is -2.36. The minimum atomic E-state index is -0.946. The van der Waals surface area contributed by atoms with Crippen molar-refractivity contribution < 1.29 is 14.7 Å². The molecule has 3 rings (SSSR count). The third-order valence-corrected chi connectivity index (χ3v) is 5.45. The maximum Gasteiger partial charge on any atom is 0.335 e. The molecule has 1 saturated heterocycles. The Bertz CT molecular complexity index is 817. The summed E-state index contributed by atoms with van der Waals surface area (Å²) in [6.07, 6.45) is 5.27. The molecule has 1 fully saturated rings. The van der Waals surface area contributed by atoms with E-state index in [1.165, 1.54) is 0 Å². The molecule has 1 aliphatic heterocycles. The van der Waals surface area contributed by atoms with E-state index in [1.807, 2.05) is 12.2 Å². The summed E-state index contributed by atoms with van der Waals surface area (Å²) in [5.74, 6) is 5.47. The van der Waals surface area contributed by atoms with Gasteiger partial charge in [-0.3, -0.25) is 4.79 Å². The van der Waals surface area contributed by atoms with Crippen LogP contribution in [0.3, 0.4) is 0 Å². The quantitative estimate of drug-likeness (QED) is 0.785. The molecule has 1 heterocycles. The van der Waals surface area contributed by atoms with E-state index in [9.17, 15) is 9.59 Å². The molecule has 2 aliphatic rings. The van der Waals surface area contributed by atoms with Crippen LogP contribution in [-0.4, -0.2) is 21.6 Å². The van der Waals surface area contributed by atoms with E-state index in [1.54, 1.807) is 36.0 Å². The van der Waals surface area contributed by atoms with Gasteiger partial charge in [-0.05, 0) is 55.5 Å². The molecule has 24 heavy (non-hydrogen) atoms. The van der Waals surface area contributed by atoms with Crippen LogP contribution in [0.1, 0.15) is 42.6 Å². The minimum Gasteiger partial charge on any atom is -0.478 e. The summed E-state index contributed by atoms with van der Waals surface area (Å²) in [7, 11) is 0. The Morgan fingerprint density at radius 3 is 2.58 bits per heavy atom. The minimum absolute atomic E-state index is 0.0255. The third kappa shape index (κ3) is 3.63. The van der Waals surface area contributed by atoms with Crippen molar-refractivity contribution in [3.05, 3.63) is 58.0 Å². The largest absolute Gasteiger partial charge is 0.478 e. The van der Waals surface area contributed by atoms with E-state index in [4.69, 9.17) is 5.11 Å². The van der Waals surface area contributed by atoms with Crippen molar-refractivity contribution in [2.24, 2.45) is 5.92 Å². The fourth-order valence-electron chi connectivity index (χ4n) is 2.90. The van der Waals surface area contributed by atoms with Gasteiger partial charge in [0.1, 0.15) is 5.78 Å². The Hall–Kier alpha value is -2.25. The van der Waals surface area contributed by atoms with Crippen LogP contribution in [0.2, 0.25) is 0 Å². The second-order valence-electron chi connectivity index (χ2n) is 6.65. The predicted molar refractivity (Wildman–Crippen MR) is 95.8 cm³/mol. The Labute approximate surface area is 145 Å². The van der Waals surface area contributed by atoms with Gasteiger partial charge in [-0.2, -0.15) is 0 Å². The molecule has 0 saturated carbocycles. The highest BCUT2D eigenvalue weighted by Crippen LogP contribution is 2.47. The molecule has 0 radical (unpaired) electrons. The van der Waals surface area contributed by atoms with Crippen LogP contribution >= 0.6 is 11.8 Å². The molecule has 1 atom stereocenters. The molecular weight excluding hydrogens is 320 g/mol. The summed E-state index contributed by atoms with van der Waals surface area (Å²) in [4.78, 5) is 24.4. The molecular formula is C20H18O3S. The van der Waals surface area contributed by atoms with E-state index in [0.29, 0.717) is 18.6 Å². The molecule has 1 aliphatic carbocycles. The Kier molecular flexibility index (Phi) is 4.38. The van der Waals surface area contributed by atoms with Crippen molar-refractivity contribution in [1.29, 1.82) is 0 Å². The number of allylic oxidation sites excluding steroid dienone is 4. The SMILES string of the molecule is CC1(C)CC(=O)C2CC(C#Cc3ccc(C(=O)O)cc3)=CC=C2S1. The zero-order chi connectivity index (χ0) is 17.3. The van der Waals surface area contributed by atoms with Gasteiger partial charge in [-0.1, -0.05) is 17.9 Å². The number of carbonyl (C=O) groups is 2. The van der Waals surface area contributed by atoms with Gasteiger partial charge >= 0.3 is 5.97 Å². The van der Waals surface area contributed by atoms with Gasteiger partial charge in [-0.25, -0.2) is 4.79 Å². The molecule has 0 spiro atoms. The van der Waals surface area contributed by atoms with Crippen LogP contribution in [-0.2, 0) is 4.79 Å². The fourth-order valence-corrected chi connectivity index (χ4v) is 4.25. The standard InChI is InChI=1S/C20H18O3S/c1-20(2)12-17(21)16-11-14(7-10-18(16)24-20)4-3-13-5-8-15(9-6-13)19(22)23/h5-10,16H,11-12H2,1-2H3,(H,22,23). The van der Waals surface area contributed by atoms with Crippen molar-refractivity contribution >= 4 is 23.5 Å². The first-order valence-electron chi connectivity index (χ1n) is 7.82. The Balaban J connectivity index is 1.78. The molecule has 1 N–H and O–H groups in total. The van der Waals surface area contributed by atoms with Crippen molar-refractivity contribution in [2.75, 3.05) is 0 Å². The maximum atomic E-state index is 12.4. The van der Waals surface area contributed by atoms with E-state index in [0.717, 1.165) is 16.0 Å². The number of carbonyl (C=O) groups excluding carboxylic acids is 1. The van der Waals surface area contributed by atoms with Gasteiger partial charge in [-0.15, -0.1) is 11.8 Å². The van der Waals surface area contributed by atoms with Gasteiger partial charge in [0.25, 0.3) is 0 Å². The number of fused-ring (bicyclic) bond motifs is 1. The number of ketones is 1. The molecule has 4 heteroatoms. The number of hydrogen-bond acceptors (Lipinski definition) is 3. The van der Waals surface area contributed by atoms with Gasteiger partial charge in [0.15, 0.2) is 0 Å². The number of benzene rings is 1. The highest BCUT2D eigenvalue weighted by molar-refractivity contribution is 8.04. The van der Waals surface area contributed by atoms with Gasteiger partial charge in [0.2, 0.25) is 0 Å². The summed E-state index contributed by atoms with van der Waals surface area (Å²) in [6.45, 7) is 4.21. The van der Waals surface area contributed by atoms with Crippen molar-refractivity contribution in [3.63, 3.8) is 0 Å². The van der Waals surface area contributed by atoms with Crippen LogP contribution in [0.15, 0.2) is 46.9 Å². The van der Waals surface area contributed by atoms with Crippen LogP contribution in [0, 0.1) is 17.8 Å². The second kappa shape index (κ2) is 6.33. The maximum absolute atomic E-state index is 12.4. The van der Waals surface area contributed by atoms with Gasteiger partial charge < -0.3 is 5.11 Å². The van der Waals surface area contributed by atoms with E-state index in [2.05, 4.69) is 25.7 Å². The van der Waals surface area contributed by atoms with Crippen LogP contribution in [0.5, 0.6) is 0 Å². The van der Waals surface area contributed by atoms with Crippen LogP contribution < -0.4 is 0 Å². The van der Waals surface area contributed by atoms with E-state index in [-0.39, 0.29) is 16.2 Å². The topological polar surface area (TPSA) is 54.4 Å². The smallest absolute Gasteiger partial charge is 0.335 e. The zero-order valence-corrected chi connectivity index (χ0v) is 14.4. The van der Waals surface area contributed by atoms with Crippen LogP contribution in [0.25, 0.3) is 0 Å². The molecule has 122 valence electrons. The molecule has 1 aromatic rings.